The second-order valence-corrected chi connectivity index (χ2v) is 8.74. The monoisotopic (exact) mass is 438 g/mol. The normalized spacial score (nSPS) is 13.1. The third-order valence-electron chi connectivity index (χ3n) is 4.59. The average molecular weight is 439 g/mol. The van der Waals surface area contributed by atoms with Crippen LogP contribution in [-0.4, -0.2) is 33.7 Å². The smallest absolute Gasteiger partial charge is 0.277 e. The molecule has 0 unspecified atom stereocenters. The molecule has 1 amide bonds. The lowest BCUT2D eigenvalue weighted by atomic mass is 10.1. The minimum absolute atomic E-state index is 0.262. The van der Waals surface area contributed by atoms with Gasteiger partial charge < -0.3 is 14.0 Å². The van der Waals surface area contributed by atoms with Gasteiger partial charge in [0.2, 0.25) is 0 Å². The maximum Gasteiger partial charge on any atom is 0.277 e. The van der Waals surface area contributed by atoms with E-state index >= 15 is 0 Å². The van der Waals surface area contributed by atoms with E-state index in [2.05, 4.69) is 15.3 Å². The summed E-state index contributed by atoms with van der Waals surface area (Å²) >= 11 is 2.85. The lowest BCUT2D eigenvalue weighted by Crippen LogP contribution is -2.13. The number of nitrogens with zero attached hydrogens (tertiary/aromatic N) is 3. The first-order valence-corrected chi connectivity index (χ1v) is 11.1. The van der Waals surface area contributed by atoms with Crippen LogP contribution in [0.5, 0.6) is 11.5 Å². The molecule has 30 heavy (non-hydrogen) atoms. The van der Waals surface area contributed by atoms with E-state index in [1.165, 1.54) is 22.7 Å². The van der Waals surface area contributed by atoms with Gasteiger partial charge in [0.25, 0.3) is 5.91 Å². The van der Waals surface area contributed by atoms with Crippen LogP contribution >= 0.6 is 22.7 Å². The second kappa shape index (κ2) is 7.92. The number of carbonyl (C=O) groups excluding carboxylic acids is 1. The van der Waals surface area contributed by atoms with Gasteiger partial charge in [0.05, 0.1) is 18.9 Å². The number of aryl methyl sites for hydroxylation is 1. The maximum atomic E-state index is 12.7. The molecule has 0 atom stereocenters. The third kappa shape index (κ3) is 3.69. The van der Waals surface area contributed by atoms with Crippen LogP contribution in [0.2, 0.25) is 0 Å². The minimum atomic E-state index is -0.262. The fourth-order valence-corrected chi connectivity index (χ4v) is 4.70. The number of fused-ring (bicyclic) bond motifs is 1. The van der Waals surface area contributed by atoms with Gasteiger partial charge in [-0.25, -0.2) is 9.97 Å². The Labute approximate surface area is 180 Å². The highest BCUT2D eigenvalue weighted by atomic mass is 32.1. The van der Waals surface area contributed by atoms with Gasteiger partial charge in [-0.1, -0.05) is 0 Å². The minimum Gasteiger partial charge on any atom is -0.490 e. The summed E-state index contributed by atoms with van der Waals surface area (Å²) in [4.78, 5) is 22.7. The number of nitrogens with one attached hydrogen (secondary N) is 1. The van der Waals surface area contributed by atoms with E-state index in [0.717, 1.165) is 39.2 Å². The molecule has 0 bridgehead atoms. The number of aromatic nitrogens is 3. The van der Waals surface area contributed by atoms with E-state index in [9.17, 15) is 4.79 Å². The molecule has 5 rings (SSSR count). The van der Waals surface area contributed by atoms with E-state index in [1.807, 2.05) is 59.6 Å². The van der Waals surface area contributed by atoms with E-state index in [0.29, 0.717) is 24.0 Å². The highest BCUT2D eigenvalue weighted by Gasteiger charge is 2.18. The van der Waals surface area contributed by atoms with Gasteiger partial charge in [0, 0.05) is 34.6 Å². The fourth-order valence-electron chi connectivity index (χ4n) is 3.11. The van der Waals surface area contributed by atoms with Crippen molar-refractivity contribution in [3.63, 3.8) is 0 Å². The molecule has 0 fully saturated rings. The van der Waals surface area contributed by atoms with Crippen molar-refractivity contribution in [1.29, 1.82) is 0 Å². The number of amides is 1. The molecule has 9 heteroatoms. The Hall–Kier alpha value is -3.17. The van der Waals surface area contributed by atoms with Gasteiger partial charge in [-0.05, 0) is 37.3 Å². The Morgan fingerprint density at radius 3 is 2.77 bits per heavy atom. The van der Waals surface area contributed by atoms with Crippen molar-refractivity contribution in [3.05, 3.63) is 58.7 Å². The molecule has 152 valence electrons. The first-order valence-electron chi connectivity index (χ1n) is 9.45. The van der Waals surface area contributed by atoms with E-state index in [-0.39, 0.29) is 5.91 Å². The molecule has 1 N–H and O–H groups in total. The maximum absolute atomic E-state index is 12.7. The molecular weight excluding hydrogens is 420 g/mol. The van der Waals surface area contributed by atoms with Crippen LogP contribution in [0.3, 0.4) is 0 Å². The van der Waals surface area contributed by atoms with Gasteiger partial charge in [0.15, 0.2) is 21.8 Å². The molecule has 0 spiro atoms. The third-order valence-corrected chi connectivity index (χ3v) is 6.34. The zero-order valence-corrected chi connectivity index (χ0v) is 17.8. The van der Waals surface area contributed by atoms with Crippen molar-refractivity contribution < 1.29 is 14.3 Å². The Bertz CT molecular complexity index is 1200. The molecule has 0 saturated carbocycles. The van der Waals surface area contributed by atoms with Crippen molar-refractivity contribution in [3.8, 4) is 27.9 Å². The lowest BCUT2D eigenvalue weighted by molar-refractivity contribution is 0.102. The predicted molar refractivity (Wildman–Crippen MR) is 117 cm³/mol. The molecule has 4 heterocycles. The Kier molecular flexibility index (Phi) is 4.97. The number of benzene rings is 1. The van der Waals surface area contributed by atoms with Crippen molar-refractivity contribution >= 4 is 33.7 Å². The first kappa shape index (κ1) is 18.8. The number of hydrogen-bond donors (Lipinski definition) is 1. The summed E-state index contributed by atoms with van der Waals surface area (Å²) in [5.41, 5.74) is 2.10. The number of hydrogen-bond acceptors (Lipinski definition) is 7. The molecule has 1 aliphatic heterocycles. The largest absolute Gasteiger partial charge is 0.490 e. The van der Waals surface area contributed by atoms with Crippen LogP contribution in [0.25, 0.3) is 16.4 Å². The van der Waals surface area contributed by atoms with Gasteiger partial charge >= 0.3 is 0 Å². The van der Waals surface area contributed by atoms with Gasteiger partial charge in [-0.3, -0.25) is 10.1 Å². The Morgan fingerprint density at radius 2 is 1.93 bits per heavy atom. The van der Waals surface area contributed by atoms with E-state index < -0.39 is 0 Å². The standard InChI is InChI=1S/C21H18N4O3S2/c1-13-18(23-21(30-13)25-7-2-3-8-25)19(26)24-20-22-15(12-29-20)14-5-6-16-17(11-14)28-10-4-9-27-16/h2-3,5-8,11-12H,4,9-10H2,1H3,(H,22,24,26). The second-order valence-electron chi connectivity index (χ2n) is 6.70. The van der Waals surface area contributed by atoms with Crippen LogP contribution in [0.1, 0.15) is 21.8 Å². The molecule has 0 saturated heterocycles. The van der Waals surface area contributed by atoms with Crippen LogP contribution in [0.4, 0.5) is 5.13 Å². The van der Waals surface area contributed by atoms with Gasteiger partial charge in [0.1, 0.15) is 5.69 Å². The van der Waals surface area contributed by atoms with Crippen LogP contribution < -0.4 is 14.8 Å². The highest BCUT2D eigenvalue weighted by Crippen LogP contribution is 2.35. The quantitative estimate of drug-likeness (QED) is 0.496. The summed E-state index contributed by atoms with van der Waals surface area (Å²) in [6.07, 6.45) is 4.67. The number of rotatable bonds is 4. The zero-order valence-electron chi connectivity index (χ0n) is 16.1. The van der Waals surface area contributed by atoms with Crippen LogP contribution in [0.15, 0.2) is 48.1 Å². The molecule has 4 aromatic rings. The average Bonchev–Trinajstić information content (AvgIpc) is 3.47. The summed E-state index contributed by atoms with van der Waals surface area (Å²) < 4.78 is 13.3. The highest BCUT2D eigenvalue weighted by molar-refractivity contribution is 7.14. The van der Waals surface area contributed by atoms with Gasteiger partial charge in [-0.2, -0.15) is 0 Å². The molecule has 3 aromatic heterocycles. The first-order chi connectivity index (χ1) is 14.7. The molecule has 1 aromatic carbocycles. The van der Waals surface area contributed by atoms with E-state index in [1.54, 1.807) is 0 Å². The van der Waals surface area contributed by atoms with E-state index in [4.69, 9.17) is 9.47 Å². The summed E-state index contributed by atoms with van der Waals surface area (Å²) in [6.45, 7) is 3.18. The molecule has 1 aliphatic rings. The molecule has 0 radical (unpaired) electrons. The van der Waals surface area contributed by atoms with Crippen LogP contribution in [-0.2, 0) is 0 Å². The molecule has 0 aliphatic carbocycles. The van der Waals surface area contributed by atoms with Crippen molar-refractivity contribution in [2.75, 3.05) is 18.5 Å². The summed E-state index contributed by atoms with van der Waals surface area (Å²) in [6, 6.07) is 9.62. The Balaban J connectivity index is 1.34. The topological polar surface area (TPSA) is 78.3 Å². The number of anilines is 1. The fraction of sp³-hybridized carbons (Fsp3) is 0.190. The number of carbonyl (C=O) groups is 1. The summed E-state index contributed by atoms with van der Waals surface area (Å²) in [5.74, 6) is 1.21. The van der Waals surface area contributed by atoms with Crippen molar-refractivity contribution in [2.45, 2.75) is 13.3 Å². The zero-order chi connectivity index (χ0) is 20.5. The summed E-state index contributed by atoms with van der Waals surface area (Å²) in [5, 5.41) is 6.06. The van der Waals surface area contributed by atoms with Gasteiger partial charge in [-0.15, -0.1) is 22.7 Å². The summed E-state index contributed by atoms with van der Waals surface area (Å²) in [7, 11) is 0. The SMILES string of the molecule is Cc1sc(-n2cccc2)nc1C(=O)Nc1nc(-c2ccc3c(c2)OCCCO3)cs1. The Morgan fingerprint density at radius 1 is 1.13 bits per heavy atom. The lowest BCUT2D eigenvalue weighted by Gasteiger charge is -2.08. The van der Waals surface area contributed by atoms with Crippen molar-refractivity contribution in [1.82, 2.24) is 14.5 Å². The number of thiazole rings is 2. The van der Waals surface area contributed by atoms with Crippen molar-refractivity contribution in [2.24, 2.45) is 0 Å². The predicted octanol–water partition coefficient (Wildman–Crippen LogP) is 4.78. The molecular formula is C21H18N4O3S2. The molecule has 7 nitrogen and oxygen atoms in total. The number of ether oxygens (including phenoxy) is 2. The van der Waals surface area contributed by atoms with Crippen LogP contribution in [0, 0.1) is 6.92 Å².